The van der Waals surface area contributed by atoms with E-state index in [1.54, 1.807) is 29.8 Å². The zero-order chi connectivity index (χ0) is 25.1. The molecule has 0 saturated carbocycles. The van der Waals surface area contributed by atoms with E-state index in [1.807, 2.05) is 6.92 Å². The summed E-state index contributed by atoms with van der Waals surface area (Å²) in [4.78, 5) is 15.8. The summed E-state index contributed by atoms with van der Waals surface area (Å²) in [6, 6.07) is 9.73. The first-order valence-electron chi connectivity index (χ1n) is 10.7. The SMILES string of the molecule is CCCn1nc(-c2ccc(C(F)(F)F)cc2)nc1COc1ccc(OC(C)(C)C(=O)O)c(C)c1. The molecule has 0 spiro atoms. The standard InChI is InChI=1S/C24H26F3N3O4/c1-5-12-30-20(28-21(29-30)16-6-8-17(9-7-16)24(25,26)27)14-33-18-10-11-19(15(2)13-18)34-23(3,4)22(31)32/h6-11,13H,5,12,14H2,1-4H3,(H,31,32). The van der Waals surface area contributed by atoms with Crippen LogP contribution in [-0.4, -0.2) is 31.4 Å². The van der Waals surface area contributed by atoms with Crippen LogP contribution < -0.4 is 9.47 Å². The van der Waals surface area contributed by atoms with E-state index in [-0.39, 0.29) is 6.61 Å². The van der Waals surface area contributed by atoms with Gasteiger partial charge in [0.25, 0.3) is 0 Å². The zero-order valence-electron chi connectivity index (χ0n) is 19.3. The monoisotopic (exact) mass is 477 g/mol. The van der Waals surface area contributed by atoms with Crippen molar-refractivity contribution >= 4 is 5.97 Å². The van der Waals surface area contributed by atoms with E-state index in [0.29, 0.717) is 40.8 Å². The number of carboxylic acids is 1. The highest BCUT2D eigenvalue weighted by molar-refractivity contribution is 5.76. The van der Waals surface area contributed by atoms with Gasteiger partial charge in [-0.3, -0.25) is 0 Å². The van der Waals surface area contributed by atoms with Crippen LogP contribution in [0.3, 0.4) is 0 Å². The Morgan fingerprint density at radius 3 is 2.35 bits per heavy atom. The Morgan fingerprint density at radius 1 is 1.12 bits per heavy atom. The fourth-order valence-corrected chi connectivity index (χ4v) is 3.10. The van der Waals surface area contributed by atoms with Gasteiger partial charge in [0.05, 0.1) is 5.56 Å². The number of aromatic nitrogens is 3. The van der Waals surface area contributed by atoms with Crippen LogP contribution in [0.1, 0.15) is 44.1 Å². The Balaban J connectivity index is 1.76. The van der Waals surface area contributed by atoms with Gasteiger partial charge in [0.15, 0.2) is 17.2 Å². The number of nitrogens with zero attached hydrogens (tertiary/aromatic N) is 3. The number of hydrogen-bond donors (Lipinski definition) is 1. The van der Waals surface area contributed by atoms with Crippen molar-refractivity contribution in [2.24, 2.45) is 0 Å². The molecule has 0 aliphatic carbocycles. The molecule has 182 valence electrons. The van der Waals surface area contributed by atoms with E-state index >= 15 is 0 Å². The fraction of sp³-hybridized carbons (Fsp3) is 0.375. The van der Waals surface area contributed by atoms with Crippen molar-refractivity contribution in [2.45, 2.75) is 59.0 Å². The van der Waals surface area contributed by atoms with E-state index in [4.69, 9.17) is 9.47 Å². The summed E-state index contributed by atoms with van der Waals surface area (Å²) in [7, 11) is 0. The number of aryl methyl sites for hydroxylation is 2. The third-order valence-corrected chi connectivity index (χ3v) is 5.05. The largest absolute Gasteiger partial charge is 0.486 e. The molecule has 7 nitrogen and oxygen atoms in total. The average Bonchev–Trinajstić information content (AvgIpc) is 3.16. The molecular weight excluding hydrogens is 451 g/mol. The normalized spacial score (nSPS) is 12.0. The third kappa shape index (κ3) is 5.86. The van der Waals surface area contributed by atoms with Crippen molar-refractivity contribution in [1.82, 2.24) is 14.8 Å². The Bertz CT molecular complexity index is 1160. The molecule has 0 amide bonds. The lowest BCUT2D eigenvalue weighted by atomic mass is 10.1. The summed E-state index contributed by atoms with van der Waals surface area (Å²) in [5, 5.41) is 13.7. The Kier molecular flexibility index (Phi) is 7.18. The summed E-state index contributed by atoms with van der Waals surface area (Å²) < 4.78 is 51.6. The lowest BCUT2D eigenvalue weighted by Gasteiger charge is -2.23. The molecule has 1 N–H and O–H groups in total. The predicted molar refractivity (Wildman–Crippen MR) is 119 cm³/mol. The molecule has 0 fully saturated rings. The molecule has 1 aromatic heterocycles. The summed E-state index contributed by atoms with van der Waals surface area (Å²) in [6.45, 7) is 7.35. The number of alkyl halides is 3. The maximum atomic E-state index is 12.8. The van der Waals surface area contributed by atoms with Crippen molar-refractivity contribution in [3.63, 3.8) is 0 Å². The van der Waals surface area contributed by atoms with Crippen LogP contribution in [0.25, 0.3) is 11.4 Å². The van der Waals surface area contributed by atoms with Gasteiger partial charge in [0.2, 0.25) is 0 Å². The fourth-order valence-electron chi connectivity index (χ4n) is 3.10. The molecule has 3 aromatic rings. The second-order valence-corrected chi connectivity index (χ2v) is 8.28. The van der Waals surface area contributed by atoms with Gasteiger partial charge in [-0.2, -0.15) is 18.3 Å². The minimum atomic E-state index is -4.41. The maximum Gasteiger partial charge on any atom is 0.416 e. The second kappa shape index (κ2) is 9.74. The number of aliphatic carboxylic acids is 1. The molecule has 0 radical (unpaired) electrons. The number of ether oxygens (including phenoxy) is 2. The Hall–Kier alpha value is -3.56. The van der Waals surface area contributed by atoms with Crippen molar-refractivity contribution in [3.8, 4) is 22.9 Å². The Labute approximate surface area is 195 Å². The Morgan fingerprint density at radius 2 is 1.79 bits per heavy atom. The molecule has 3 rings (SSSR count). The van der Waals surface area contributed by atoms with Crippen molar-refractivity contribution < 1.29 is 32.5 Å². The van der Waals surface area contributed by atoms with Gasteiger partial charge < -0.3 is 14.6 Å². The smallest absolute Gasteiger partial charge is 0.416 e. The predicted octanol–water partition coefficient (Wildman–Crippen LogP) is 5.50. The highest BCUT2D eigenvalue weighted by Crippen LogP contribution is 2.31. The number of carbonyl (C=O) groups is 1. The van der Waals surface area contributed by atoms with E-state index in [2.05, 4.69) is 10.1 Å². The highest BCUT2D eigenvalue weighted by Gasteiger charge is 2.31. The summed E-state index contributed by atoms with van der Waals surface area (Å²) in [5.74, 6) is 0.725. The molecule has 34 heavy (non-hydrogen) atoms. The zero-order valence-corrected chi connectivity index (χ0v) is 19.3. The van der Waals surface area contributed by atoms with E-state index in [1.165, 1.54) is 26.0 Å². The van der Waals surface area contributed by atoms with Crippen LogP contribution in [0, 0.1) is 6.92 Å². The molecule has 0 aliphatic heterocycles. The summed E-state index contributed by atoms with van der Waals surface area (Å²) in [5.41, 5.74) is -0.935. The van der Waals surface area contributed by atoms with Crippen molar-refractivity contribution in [3.05, 3.63) is 59.4 Å². The van der Waals surface area contributed by atoms with Crippen molar-refractivity contribution in [1.29, 1.82) is 0 Å². The number of carboxylic acid groups (broad SMARTS) is 1. The topological polar surface area (TPSA) is 86.5 Å². The quantitative estimate of drug-likeness (QED) is 0.438. The van der Waals surface area contributed by atoms with Crippen LogP contribution in [0.2, 0.25) is 0 Å². The van der Waals surface area contributed by atoms with Gasteiger partial charge in [-0.1, -0.05) is 19.1 Å². The molecule has 0 aliphatic rings. The minimum Gasteiger partial charge on any atom is -0.486 e. The first kappa shape index (κ1) is 25.1. The second-order valence-electron chi connectivity index (χ2n) is 8.28. The van der Waals surface area contributed by atoms with Crippen LogP contribution in [0.15, 0.2) is 42.5 Å². The number of hydrogen-bond acceptors (Lipinski definition) is 5. The van der Waals surface area contributed by atoms with Crippen LogP contribution >= 0.6 is 0 Å². The van der Waals surface area contributed by atoms with Gasteiger partial charge in [-0.25, -0.2) is 14.5 Å². The van der Waals surface area contributed by atoms with Crippen LogP contribution in [0.4, 0.5) is 13.2 Å². The van der Waals surface area contributed by atoms with E-state index in [0.717, 1.165) is 18.6 Å². The highest BCUT2D eigenvalue weighted by atomic mass is 19.4. The van der Waals surface area contributed by atoms with Crippen molar-refractivity contribution in [2.75, 3.05) is 0 Å². The molecule has 0 saturated heterocycles. The van der Waals surface area contributed by atoms with Crippen LogP contribution in [0.5, 0.6) is 11.5 Å². The maximum absolute atomic E-state index is 12.8. The number of halogens is 3. The van der Waals surface area contributed by atoms with Crippen LogP contribution in [-0.2, 0) is 24.1 Å². The first-order chi connectivity index (χ1) is 15.9. The third-order valence-electron chi connectivity index (χ3n) is 5.05. The minimum absolute atomic E-state index is 0.0912. The van der Waals surface area contributed by atoms with E-state index in [9.17, 15) is 23.1 Å². The molecule has 0 unspecified atom stereocenters. The molecule has 1 heterocycles. The van der Waals surface area contributed by atoms with Gasteiger partial charge in [0.1, 0.15) is 18.1 Å². The van der Waals surface area contributed by atoms with Gasteiger partial charge in [0, 0.05) is 12.1 Å². The lowest BCUT2D eigenvalue weighted by Crippen LogP contribution is -2.38. The first-order valence-corrected chi connectivity index (χ1v) is 10.7. The van der Waals surface area contributed by atoms with E-state index < -0.39 is 23.3 Å². The van der Waals surface area contributed by atoms with Gasteiger partial charge in [-0.05, 0) is 63.1 Å². The molecular formula is C24H26F3N3O4. The lowest BCUT2D eigenvalue weighted by molar-refractivity contribution is -0.152. The molecule has 0 atom stereocenters. The molecule has 2 aromatic carbocycles. The summed E-state index contributed by atoms with van der Waals surface area (Å²) in [6.07, 6.45) is -3.62. The average molecular weight is 477 g/mol. The molecule has 0 bridgehead atoms. The van der Waals surface area contributed by atoms with Gasteiger partial charge in [-0.15, -0.1) is 0 Å². The number of rotatable bonds is 9. The van der Waals surface area contributed by atoms with Gasteiger partial charge >= 0.3 is 12.1 Å². The molecule has 10 heteroatoms. The number of benzene rings is 2. The summed E-state index contributed by atoms with van der Waals surface area (Å²) >= 11 is 0.